The highest BCUT2D eigenvalue weighted by molar-refractivity contribution is 9.10. The number of rotatable bonds is 7. The van der Waals surface area contributed by atoms with Gasteiger partial charge in [-0.25, -0.2) is 0 Å². The van der Waals surface area contributed by atoms with Crippen LogP contribution >= 0.6 is 27.7 Å². The average Bonchev–Trinajstić information content (AvgIpc) is 2.57. The molecule has 0 radical (unpaired) electrons. The van der Waals surface area contributed by atoms with Crippen LogP contribution in [0.5, 0.6) is 5.75 Å². The lowest BCUT2D eigenvalue weighted by Gasteiger charge is -2.18. The summed E-state index contributed by atoms with van der Waals surface area (Å²) in [5.41, 5.74) is 2.24. The molecule has 2 aromatic carbocycles. The van der Waals surface area contributed by atoms with Gasteiger partial charge in [-0.1, -0.05) is 46.3 Å². The van der Waals surface area contributed by atoms with Crippen LogP contribution in [0.15, 0.2) is 53.0 Å². The van der Waals surface area contributed by atoms with Gasteiger partial charge in [0.15, 0.2) is 0 Å². The number of benzene rings is 2. The van der Waals surface area contributed by atoms with Gasteiger partial charge in [0.25, 0.3) is 0 Å². The molecule has 0 unspecified atom stereocenters. The van der Waals surface area contributed by atoms with E-state index in [1.807, 2.05) is 43.4 Å². The fraction of sp³-hybridized carbons (Fsp3) is 0.278. The smallest absolute Gasteiger partial charge is 0.232 e. The summed E-state index contributed by atoms with van der Waals surface area (Å²) in [5, 5.41) is 0. The molecular weight excluding hydrogens is 374 g/mol. The Bertz CT molecular complexity index is 646. The number of amides is 1. The number of hydrogen-bond acceptors (Lipinski definition) is 3. The third kappa shape index (κ3) is 5.59. The van der Waals surface area contributed by atoms with E-state index in [4.69, 9.17) is 4.74 Å². The first-order valence-corrected chi connectivity index (χ1v) is 9.23. The van der Waals surface area contributed by atoms with Crippen molar-refractivity contribution < 1.29 is 9.53 Å². The van der Waals surface area contributed by atoms with Crippen molar-refractivity contribution in [1.29, 1.82) is 0 Å². The molecule has 0 bridgehead atoms. The highest BCUT2D eigenvalue weighted by atomic mass is 79.9. The van der Waals surface area contributed by atoms with E-state index in [1.165, 1.54) is 5.56 Å². The minimum atomic E-state index is 0.123. The van der Waals surface area contributed by atoms with E-state index in [-0.39, 0.29) is 5.91 Å². The molecule has 0 fully saturated rings. The molecule has 0 aromatic heterocycles. The molecule has 0 N–H and O–H groups in total. The van der Waals surface area contributed by atoms with Crippen LogP contribution in [-0.2, 0) is 17.1 Å². The molecule has 3 nitrogen and oxygen atoms in total. The first-order valence-electron chi connectivity index (χ1n) is 7.28. The van der Waals surface area contributed by atoms with Crippen LogP contribution in [0.3, 0.4) is 0 Å². The van der Waals surface area contributed by atoms with Crippen LogP contribution in [-0.4, -0.2) is 30.7 Å². The number of thioether (sulfide) groups is 1. The topological polar surface area (TPSA) is 29.5 Å². The molecule has 2 rings (SSSR count). The second-order valence-corrected chi connectivity index (χ2v) is 7.08. The number of halogens is 1. The predicted molar refractivity (Wildman–Crippen MR) is 99.8 cm³/mol. The van der Waals surface area contributed by atoms with Gasteiger partial charge in [-0.3, -0.25) is 4.79 Å². The Morgan fingerprint density at radius 3 is 2.57 bits per heavy atom. The molecular formula is C18H20BrNO2S. The van der Waals surface area contributed by atoms with E-state index in [0.29, 0.717) is 12.3 Å². The number of nitrogens with zero attached hydrogens (tertiary/aromatic N) is 1. The molecule has 0 aliphatic rings. The zero-order valence-electron chi connectivity index (χ0n) is 13.3. The van der Waals surface area contributed by atoms with E-state index in [9.17, 15) is 4.79 Å². The van der Waals surface area contributed by atoms with Gasteiger partial charge >= 0.3 is 0 Å². The van der Waals surface area contributed by atoms with Crippen molar-refractivity contribution in [2.75, 3.05) is 19.9 Å². The van der Waals surface area contributed by atoms with Crippen LogP contribution in [0.25, 0.3) is 0 Å². The van der Waals surface area contributed by atoms with Crippen molar-refractivity contribution in [3.8, 4) is 5.75 Å². The summed E-state index contributed by atoms with van der Waals surface area (Å²) in [6, 6.07) is 16.0. The monoisotopic (exact) mass is 393 g/mol. The van der Waals surface area contributed by atoms with Crippen molar-refractivity contribution in [3.05, 3.63) is 64.1 Å². The van der Waals surface area contributed by atoms with Crippen LogP contribution in [0.4, 0.5) is 0 Å². The normalized spacial score (nSPS) is 10.4. The molecule has 0 saturated heterocycles. The van der Waals surface area contributed by atoms with Crippen molar-refractivity contribution in [1.82, 2.24) is 4.90 Å². The van der Waals surface area contributed by atoms with E-state index in [2.05, 4.69) is 28.1 Å². The maximum atomic E-state index is 12.2. The van der Waals surface area contributed by atoms with E-state index in [0.717, 1.165) is 21.5 Å². The van der Waals surface area contributed by atoms with Gasteiger partial charge in [0.1, 0.15) is 5.75 Å². The molecule has 0 heterocycles. The number of carbonyl (C=O) groups excluding carboxylic acids is 1. The summed E-state index contributed by atoms with van der Waals surface area (Å²) in [6.07, 6.45) is 0. The lowest BCUT2D eigenvalue weighted by molar-refractivity contribution is -0.127. The molecule has 1 amide bonds. The Labute approximate surface area is 150 Å². The lowest BCUT2D eigenvalue weighted by atomic mass is 10.2. The minimum Gasteiger partial charge on any atom is -0.496 e. The molecule has 0 atom stereocenters. The van der Waals surface area contributed by atoms with Crippen LogP contribution in [0.1, 0.15) is 11.1 Å². The number of methoxy groups -OCH3 is 1. The molecule has 23 heavy (non-hydrogen) atoms. The van der Waals surface area contributed by atoms with Gasteiger partial charge in [0.05, 0.1) is 12.9 Å². The quantitative estimate of drug-likeness (QED) is 0.699. The van der Waals surface area contributed by atoms with Crippen molar-refractivity contribution in [2.45, 2.75) is 12.3 Å². The summed E-state index contributed by atoms with van der Waals surface area (Å²) in [6.45, 7) is 0.557. The highest BCUT2D eigenvalue weighted by Gasteiger charge is 2.11. The number of hydrogen-bond donors (Lipinski definition) is 0. The molecule has 122 valence electrons. The van der Waals surface area contributed by atoms with Gasteiger partial charge < -0.3 is 9.64 Å². The van der Waals surface area contributed by atoms with Gasteiger partial charge in [-0.15, -0.1) is 11.8 Å². The van der Waals surface area contributed by atoms with Gasteiger partial charge in [-0.05, 0) is 23.8 Å². The van der Waals surface area contributed by atoms with Gasteiger partial charge in [-0.2, -0.15) is 0 Å². The van der Waals surface area contributed by atoms with Gasteiger partial charge in [0.2, 0.25) is 5.91 Å². The zero-order chi connectivity index (χ0) is 16.7. The lowest BCUT2D eigenvalue weighted by Crippen LogP contribution is -2.28. The second-order valence-electron chi connectivity index (χ2n) is 5.18. The maximum absolute atomic E-state index is 12.2. The van der Waals surface area contributed by atoms with Gasteiger partial charge in [0, 0.05) is 29.4 Å². The zero-order valence-corrected chi connectivity index (χ0v) is 15.7. The van der Waals surface area contributed by atoms with Crippen molar-refractivity contribution >= 4 is 33.6 Å². The molecule has 5 heteroatoms. The number of carbonyl (C=O) groups is 1. The average molecular weight is 394 g/mol. The van der Waals surface area contributed by atoms with Crippen molar-refractivity contribution in [2.24, 2.45) is 0 Å². The van der Waals surface area contributed by atoms with Crippen LogP contribution in [0.2, 0.25) is 0 Å². The Hall–Kier alpha value is -1.46. The minimum absolute atomic E-state index is 0.123. The fourth-order valence-electron chi connectivity index (χ4n) is 2.12. The molecule has 0 aliphatic carbocycles. The maximum Gasteiger partial charge on any atom is 0.232 e. The molecule has 0 aliphatic heterocycles. The van der Waals surface area contributed by atoms with E-state index in [1.54, 1.807) is 23.8 Å². The van der Waals surface area contributed by atoms with Crippen LogP contribution in [0, 0.1) is 0 Å². The molecule has 2 aromatic rings. The predicted octanol–water partition coefficient (Wildman–Crippen LogP) is 4.35. The fourth-order valence-corrected chi connectivity index (χ4v) is 3.31. The van der Waals surface area contributed by atoms with Crippen molar-refractivity contribution in [3.63, 3.8) is 0 Å². The summed E-state index contributed by atoms with van der Waals surface area (Å²) in [7, 11) is 3.48. The summed E-state index contributed by atoms with van der Waals surface area (Å²) in [5.74, 6) is 2.25. The largest absolute Gasteiger partial charge is 0.496 e. The summed E-state index contributed by atoms with van der Waals surface area (Å²) >= 11 is 5.05. The first-order chi connectivity index (χ1) is 11.1. The standard InChI is InChI=1S/C18H20BrNO2S/c1-20(11-15-5-3-4-6-17(15)22-2)18(21)13-23-12-14-7-9-16(19)10-8-14/h3-10H,11-13H2,1-2H3. The van der Waals surface area contributed by atoms with E-state index < -0.39 is 0 Å². The Balaban J connectivity index is 1.81. The second kappa shape index (κ2) is 8.99. The Morgan fingerprint density at radius 1 is 1.17 bits per heavy atom. The summed E-state index contributed by atoms with van der Waals surface area (Å²) < 4.78 is 6.40. The Morgan fingerprint density at radius 2 is 1.87 bits per heavy atom. The number of para-hydroxylation sites is 1. The molecule has 0 saturated carbocycles. The third-order valence-electron chi connectivity index (χ3n) is 3.43. The Kier molecular flexibility index (Phi) is 6.99. The number of ether oxygens (including phenoxy) is 1. The first kappa shape index (κ1) is 17.9. The SMILES string of the molecule is COc1ccccc1CN(C)C(=O)CSCc1ccc(Br)cc1. The summed E-state index contributed by atoms with van der Waals surface area (Å²) in [4.78, 5) is 14.0. The third-order valence-corrected chi connectivity index (χ3v) is 4.95. The van der Waals surface area contributed by atoms with E-state index >= 15 is 0 Å². The highest BCUT2D eigenvalue weighted by Crippen LogP contribution is 2.20. The molecule has 0 spiro atoms. The van der Waals surface area contributed by atoms with Crippen LogP contribution < -0.4 is 4.74 Å².